The van der Waals surface area contributed by atoms with Crippen LogP contribution >= 0.6 is 0 Å². The highest BCUT2D eigenvalue weighted by Gasteiger charge is 2.36. The molecular formula is C9H17FO2S. The van der Waals surface area contributed by atoms with Gasteiger partial charge in [0.25, 0.3) is 0 Å². The van der Waals surface area contributed by atoms with Crippen LogP contribution in [-0.2, 0) is 9.84 Å². The van der Waals surface area contributed by atoms with E-state index in [1.165, 1.54) is 6.92 Å². The molecule has 1 rings (SSSR count). The Bertz CT molecular complexity index is 269. The number of sulfone groups is 1. The molecule has 0 spiro atoms. The maximum atomic E-state index is 13.7. The Labute approximate surface area is 79.4 Å². The Morgan fingerprint density at radius 1 is 1.54 bits per heavy atom. The van der Waals surface area contributed by atoms with E-state index in [0.29, 0.717) is 12.8 Å². The van der Waals surface area contributed by atoms with E-state index in [9.17, 15) is 12.8 Å². The SMILES string of the molecule is CCC1CCS(=O)(=O)CC(C)(F)C1. The van der Waals surface area contributed by atoms with Crippen molar-refractivity contribution in [2.75, 3.05) is 11.5 Å². The molecule has 0 radical (unpaired) electrons. The maximum absolute atomic E-state index is 13.7. The summed E-state index contributed by atoms with van der Waals surface area (Å²) in [5.74, 6) is 0.0916. The summed E-state index contributed by atoms with van der Waals surface area (Å²) in [6.45, 7) is 3.39. The lowest BCUT2D eigenvalue weighted by Crippen LogP contribution is -2.28. The molecule has 1 aliphatic rings. The molecular weight excluding hydrogens is 191 g/mol. The first-order chi connectivity index (χ1) is 5.85. The second-order valence-corrected chi connectivity index (χ2v) is 6.46. The minimum absolute atomic E-state index is 0.158. The predicted octanol–water partition coefficient (Wildman–Crippen LogP) is 1.95. The summed E-state index contributed by atoms with van der Waals surface area (Å²) in [5.41, 5.74) is -1.52. The standard InChI is InChI=1S/C9H17FO2S/c1-3-8-4-5-13(11,12)7-9(2,10)6-8/h8H,3-7H2,1-2H3. The zero-order valence-corrected chi connectivity index (χ0v) is 9.03. The van der Waals surface area contributed by atoms with Crippen molar-refractivity contribution in [3.63, 3.8) is 0 Å². The van der Waals surface area contributed by atoms with Gasteiger partial charge < -0.3 is 0 Å². The van der Waals surface area contributed by atoms with Crippen LogP contribution < -0.4 is 0 Å². The highest BCUT2D eigenvalue weighted by Crippen LogP contribution is 2.31. The molecule has 0 N–H and O–H groups in total. The molecule has 0 bridgehead atoms. The number of rotatable bonds is 1. The molecule has 0 aromatic carbocycles. The molecule has 2 unspecified atom stereocenters. The Morgan fingerprint density at radius 2 is 2.15 bits per heavy atom. The van der Waals surface area contributed by atoms with Gasteiger partial charge in [0, 0.05) is 0 Å². The van der Waals surface area contributed by atoms with Crippen molar-refractivity contribution >= 4 is 9.84 Å². The van der Waals surface area contributed by atoms with Crippen LogP contribution in [0, 0.1) is 5.92 Å². The monoisotopic (exact) mass is 208 g/mol. The number of hydrogen-bond donors (Lipinski definition) is 0. The fraction of sp³-hybridized carbons (Fsp3) is 1.00. The van der Waals surface area contributed by atoms with Gasteiger partial charge >= 0.3 is 0 Å². The van der Waals surface area contributed by atoms with Gasteiger partial charge in [-0.15, -0.1) is 0 Å². The van der Waals surface area contributed by atoms with Crippen LogP contribution in [0.2, 0.25) is 0 Å². The van der Waals surface area contributed by atoms with E-state index in [-0.39, 0.29) is 17.4 Å². The summed E-state index contributed by atoms with van der Waals surface area (Å²) in [7, 11) is -3.14. The van der Waals surface area contributed by atoms with E-state index >= 15 is 0 Å². The fourth-order valence-corrected chi connectivity index (χ4v) is 3.86. The molecule has 4 heteroatoms. The first kappa shape index (κ1) is 11.0. The van der Waals surface area contributed by atoms with Gasteiger partial charge in [-0.1, -0.05) is 13.3 Å². The van der Waals surface area contributed by atoms with Gasteiger partial charge in [-0.25, -0.2) is 12.8 Å². The minimum atomic E-state index is -3.14. The van der Waals surface area contributed by atoms with Gasteiger partial charge in [0.05, 0.1) is 11.5 Å². The smallest absolute Gasteiger partial charge is 0.153 e. The predicted molar refractivity (Wildman–Crippen MR) is 51.2 cm³/mol. The Kier molecular flexibility index (Phi) is 3.00. The lowest BCUT2D eigenvalue weighted by atomic mass is 9.91. The highest BCUT2D eigenvalue weighted by atomic mass is 32.2. The summed E-state index contributed by atoms with van der Waals surface area (Å²) in [5, 5.41) is 0. The lowest BCUT2D eigenvalue weighted by molar-refractivity contribution is 0.172. The number of halogens is 1. The summed E-state index contributed by atoms with van der Waals surface area (Å²) >= 11 is 0. The molecule has 0 saturated carbocycles. The van der Waals surface area contributed by atoms with Crippen LogP contribution in [0.3, 0.4) is 0 Å². The van der Waals surface area contributed by atoms with Crippen molar-refractivity contribution < 1.29 is 12.8 Å². The van der Waals surface area contributed by atoms with Crippen LogP contribution in [0.5, 0.6) is 0 Å². The van der Waals surface area contributed by atoms with Crippen molar-refractivity contribution in [2.45, 2.75) is 38.8 Å². The second-order valence-electron chi connectivity index (χ2n) is 4.27. The summed E-state index contributed by atoms with van der Waals surface area (Å²) in [6.07, 6.45) is 1.89. The normalized spacial score (nSPS) is 39.8. The third-order valence-corrected chi connectivity index (χ3v) is 4.55. The van der Waals surface area contributed by atoms with Crippen LogP contribution in [0.1, 0.15) is 33.1 Å². The Morgan fingerprint density at radius 3 is 2.69 bits per heavy atom. The molecule has 1 heterocycles. The summed E-state index contributed by atoms with van der Waals surface area (Å²) < 4.78 is 36.3. The maximum Gasteiger partial charge on any atom is 0.153 e. The number of hydrogen-bond acceptors (Lipinski definition) is 2. The quantitative estimate of drug-likeness (QED) is 0.660. The van der Waals surface area contributed by atoms with Crippen molar-refractivity contribution in [3.05, 3.63) is 0 Å². The van der Waals surface area contributed by atoms with Crippen LogP contribution in [0.25, 0.3) is 0 Å². The third kappa shape index (κ3) is 3.25. The Balaban J connectivity index is 2.81. The van der Waals surface area contributed by atoms with E-state index in [2.05, 4.69) is 0 Å². The average Bonchev–Trinajstić information content (AvgIpc) is 2.04. The van der Waals surface area contributed by atoms with Gasteiger partial charge in [-0.05, 0) is 25.7 Å². The van der Waals surface area contributed by atoms with Gasteiger partial charge in [0.1, 0.15) is 5.67 Å². The first-order valence-electron chi connectivity index (χ1n) is 4.74. The fourth-order valence-electron chi connectivity index (χ4n) is 1.99. The second kappa shape index (κ2) is 3.56. The van der Waals surface area contributed by atoms with Gasteiger partial charge in [-0.3, -0.25) is 0 Å². The lowest BCUT2D eigenvalue weighted by Gasteiger charge is -2.20. The van der Waals surface area contributed by atoms with Crippen LogP contribution in [0.4, 0.5) is 4.39 Å². The highest BCUT2D eigenvalue weighted by molar-refractivity contribution is 7.91. The van der Waals surface area contributed by atoms with Crippen molar-refractivity contribution in [1.29, 1.82) is 0 Å². The molecule has 0 aromatic rings. The van der Waals surface area contributed by atoms with E-state index in [1.807, 2.05) is 6.92 Å². The van der Waals surface area contributed by atoms with Gasteiger partial charge in [-0.2, -0.15) is 0 Å². The van der Waals surface area contributed by atoms with E-state index in [0.717, 1.165) is 6.42 Å². The van der Waals surface area contributed by atoms with Crippen molar-refractivity contribution in [3.8, 4) is 0 Å². The molecule has 1 aliphatic heterocycles. The van der Waals surface area contributed by atoms with Crippen molar-refractivity contribution in [1.82, 2.24) is 0 Å². The molecule has 1 fully saturated rings. The zero-order valence-electron chi connectivity index (χ0n) is 8.22. The molecule has 0 amide bonds. The third-order valence-electron chi connectivity index (χ3n) is 2.65. The molecule has 1 saturated heterocycles. The van der Waals surface area contributed by atoms with Crippen LogP contribution in [-0.4, -0.2) is 25.6 Å². The molecule has 78 valence electrons. The minimum Gasteiger partial charge on any atom is -0.243 e. The van der Waals surface area contributed by atoms with Crippen molar-refractivity contribution in [2.24, 2.45) is 5.92 Å². The summed E-state index contributed by atoms with van der Waals surface area (Å²) in [4.78, 5) is 0. The Hall–Kier alpha value is -0.120. The number of alkyl halides is 1. The van der Waals surface area contributed by atoms with Gasteiger partial charge in [0.15, 0.2) is 9.84 Å². The average molecular weight is 208 g/mol. The molecule has 0 aliphatic carbocycles. The topological polar surface area (TPSA) is 34.1 Å². The molecule has 0 aromatic heterocycles. The van der Waals surface area contributed by atoms with Gasteiger partial charge in [0.2, 0.25) is 0 Å². The molecule has 2 nitrogen and oxygen atoms in total. The largest absolute Gasteiger partial charge is 0.243 e. The molecule has 2 atom stereocenters. The molecule has 13 heavy (non-hydrogen) atoms. The summed E-state index contributed by atoms with van der Waals surface area (Å²) in [6, 6.07) is 0. The van der Waals surface area contributed by atoms with E-state index < -0.39 is 15.5 Å². The van der Waals surface area contributed by atoms with E-state index in [4.69, 9.17) is 0 Å². The van der Waals surface area contributed by atoms with E-state index in [1.54, 1.807) is 0 Å². The first-order valence-corrected chi connectivity index (χ1v) is 6.56. The van der Waals surface area contributed by atoms with Crippen LogP contribution in [0.15, 0.2) is 0 Å². The zero-order chi connectivity index (χ0) is 10.1.